The van der Waals surface area contributed by atoms with E-state index in [1.807, 2.05) is 20.8 Å². The molecule has 0 heterocycles. The van der Waals surface area contributed by atoms with Crippen molar-refractivity contribution in [3.8, 4) is 0 Å². The molecule has 0 fully saturated rings. The van der Waals surface area contributed by atoms with Crippen LogP contribution in [0, 0.1) is 5.92 Å². The molecule has 0 aromatic heterocycles. The molecule has 0 bridgehead atoms. The maximum atomic E-state index is 12.0. The van der Waals surface area contributed by atoms with Crippen molar-refractivity contribution in [1.82, 2.24) is 4.72 Å². The highest BCUT2D eigenvalue weighted by Gasteiger charge is 2.21. The molecule has 1 aromatic rings. The molecule has 1 atom stereocenters. The quantitative estimate of drug-likeness (QED) is 0.906. The Kier molecular flexibility index (Phi) is 4.35. The summed E-state index contributed by atoms with van der Waals surface area (Å²) in [6.45, 7) is 5.75. The lowest BCUT2D eigenvalue weighted by Crippen LogP contribution is -2.36. The minimum atomic E-state index is -3.52. The van der Waals surface area contributed by atoms with Crippen molar-refractivity contribution in [2.24, 2.45) is 5.92 Å². The molecule has 3 nitrogen and oxygen atoms in total. The summed E-state index contributed by atoms with van der Waals surface area (Å²) in [6, 6.07) is 6.29. The first-order valence-corrected chi connectivity index (χ1v) is 6.97. The Hall–Kier alpha value is -0.580. The Bertz CT molecular complexity index is 457. The summed E-state index contributed by atoms with van der Waals surface area (Å²) in [7, 11) is -3.52. The van der Waals surface area contributed by atoms with Gasteiger partial charge in [0.15, 0.2) is 0 Å². The van der Waals surface area contributed by atoms with Gasteiger partial charge in [-0.05, 0) is 25.0 Å². The van der Waals surface area contributed by atoms with Gasteiger partial charge in [0.1, 0.15) is 4.90 Å². The minimum Gasteiger partial charge on any atom is -0.208 e. The highest BCUT2D eigenvalue weighted by atomic mass is 35.5. The summed E-state index contributed by atoms with van der Waals surface area (Å²) in [5, 5.41) is 0.242. The van der Waals surface area contributed by atoms with Crippen LogP contribution in [0.5, 0.6) is 0 Å². The van der Waals surface area contributed by atoms with Crippen LogP contribution in [-0.2, 0) is 10.0 Å². The third-order valence-corrected chi connectivity index (χ3v) is 4.53. The molecular formula is C11H16ClNO2S. The third kappa shape index (κ3) is 3.20. The zero-order valence-corrected chi connectivity index (χ0v) is 11.1. The van der Waals surface area contributed by atoms with Gasteiger partial charge in [-0.3, -0.25) is 0 Å². The molecule has 0 saturated carbocycles. The predicted molar refractivity (Wildman–Crippen MR) is 66.1 cm³/mol. The summed E-state index contributed by atoms with van der Waals surface area (Å²) in [5.74, 6) is 0.234. The lowest BCUT2D eigenvalue weighted by Gasteiger charge is -2.17. The normalized spacial score (nSPS) is 14.1. The molecule has 0 amide bonds. The van der Waals surface area contributed by atoms with Crippen molar-refractivity contribution in [2.45, 2.75) is 31.7 Å². The van der Waals surface area contributed by atoms with E-state index in [-0.39, 0.29) is 21.9 Å². The van der Waals surface area contributed by atoms with Crippen molar-refractivity contribution < 1.29 is 8.42 Å². The van der Waals surface area contributed by atoms with Crippen LogP contribution in [0.4, 0.5) is 0 Å². The predicted octanol–water partition coefficient (Wildman–Crippen LogP) is 2.66. The van der Waals surface area contributed by atoms with Crippen LogP contribution in [0.15, 0.2) is 29.2 Å². The minimum absolute atomic E-state index is 0.124. The number of halogens is 1. The molecule has 90 valence electrons. The molecule has 5 heteroatoms. The van der Waals surface area contributed by atoms with E-state index >= 15 is 0 Å². The molecule has 0 spiro atoms. The Morgan fingerprint density at radius 1 is 1.19 bits per heavy atom. The zero-order chi connectivity index (χ0) is 12.3. The smallest absolute Gasteiger partial charge is 0.208 e. The lowest BCUT2D eigenvalue weighted by molar-refractivity contribution is 0.476. The van der Waals surface area contributed by atoms with Gasteiger partial charge < -0.3 is 0 Å². The van der Waals surface area contributed by atoms with Crippen molar-refractivity contribution in [1.29, 1.82) is 0 Å². The van der Waals surface area contributed by atoms with Gasteiger partial charge in [0, 0.05) is 6.04 Å². The summed E-state index contributed by atoms with van der Waals surface area (Å²) in [4.78, 5) is 0.129. The van der Waals surface area contributed by atoms with E-state index in [1.165, 1.54) is 6.07 Å². The molecule has 0 aliphatic carbocycles. The number of rotatable bonds is 4. The average molecular weight is 262 g/mol. The molecule has 0 saturated heterocycles. The zero-order valence-electron chi connectivity index (χ0n) is 9.57. The summed E-state index contributed by atoms with van der Waals surface area (Å²) < 4.78 is 26.5. The first kappa shape index (κ1) is 13.5. The second-order valence-corrected chi connectivity index (χ2v) is 6.17. The fraction of sp³-hybridized carbons (Fsp3) is 0.455. The molecule has 1 aromatic carbocycles. The van der Waals surface area contributed by atoms with Crippen molar-refractivity contribution >= 4 is 21.6 Å². The monoisotopic (exact) mass is 261 g/mol. The van der Waals surface area contributed by atoms with Crippen molar-refractivity contribution in [3.05, 3.63) is 29.3 Å². The van der Waals surface area contributed by atoms with Gasteiger partial charge in [-0.2, -0.15) is 0 Å². The van der Waals surface area contributed by atoms with E-state index in [0.29, 0.717) is 0 Å². The van der Waals surface area contributed by atoms with Gasteiger partial charge in [-0.15, -0.1) is 0 Å². The first-order chi connectivity index (χ1) is 7.34. The number of hydrogen-bond acceptors (Lipinski definition) is 2. The average Bonchev–Trinajstić information content (AvgIpc) is 2.17. The SMILES string of the molecule is CC(C)[C@H](C)NS(=O)(=O)c1ccccc1Cl. The van der Waals surface area contributed by atoms with E-state index in [9.17, 15) is 8.42 Å². The highest BCUT2D eigenvalue weighted by Crippen LogP contribution is 2.20. The summed E-state index contributed by atoms with van der Waals surface area (Å²) >= 11 is 5.85. The molecule has 0 aliphatic rings. The molecule has 1 rings (SSSR count). The van der Waals surface area contributed by atoms with E-state index in [4.69, 9.17) is 11.6 Å². The number of hydrogen-bond donors (Lipinski definition) is 1. The Morgan fingerprint density at radius 2 is 1.75 bits per heavy atom. The van der Waals surface area contributed by atoms with Crippen LogP contribution in [0.2, 0.25) is 5.02 Å². The van der Waals surface area contributed by atoms with Crippen molar-refractivity contribution in [3.63, 3.8) is 0 Å². The molecule has 0 aliphatic heterocycles. The van der Waals surface area contributed by atoms with Gasteiger partial charge in [0.05, 0.1) is 5.02 Å². The van der Waals surface area contributed by atoms with Crippen LogP contribution < -0.4 is 4.72 Å². The first-order valence-electron chi connectivity index (χ1n) is 5.11. The second kappa shape index (κ2) is 5.17. The van der Waals surface area contributed by atoms with Crippen LogP contribution in [0.1, 0.15) is 20.8 Å². The number of sulfonamides is 1. The maximum Gasteiger partial charge on any atom is 0.242 e. The van der Waals surface area contributed by atoms with Crippen LogP contribution in [0.25, 0.3) is 0 Å². The summed E-state index contributed by atoms with van der Waals surface area (Å²) in [5.41, 5.74) is 0. The highest BCUT2D eigenvalue weighted by molar-refractivity contribution is 7.89. The topological polar surface area (TPSA) is 46.2 Å². The van der Waals surface area contributed by atoms with Gasteiger partial charge in [-0.1, -0.05) is 37.6 Å². The van der Waals surface area contributed by atoms with E-state index in [1.54, 1.807) is 18.2 Å². The Morgan fingerprint density at radius 3 is 2.25 bits per heavy atom. The van der Waals surface area contributed by atoms with Crippen LogP contribution in [0.3, 0.4) is 0 Å². The Labute approximate surface area is 102 Å². The largest absolute Gasteiger partial charge is 0.242 e. The van der Waals surface area contributed by atoms with E-state index in [2.05, 4.69) is 4.72 Å². The maximum absolute atomic E-state index is 12.0. The Balaban J connectivity index is 3.00. The fourth-order valence-corrected chi connectivity index (χ4v) is 3.02. The van der Waals surface area contributed by atoms with Gasteiger partial charge >= 0.3 is 0 Å². The van der Waals surface area contributed by atoms with Gasteiger partial charge in [-0.25, -0.2) is 13.1 Å². The number of nitrogens with one attached hydrogen (secondary N) is 1. The fourth-order valence-electron chi connectivity index (χ4n) is 1.11. The standard InChI is InChI=1S/C11H16ClNO2S/c1-8(2)9(3)13-16(14,15)11-7-5-4-6-10(11)12/h4-9,13H,1-3H3/t9-/m0/s1. The molecule has 16 heavy (non-hydrogen) atoms. The van der Waals surface area contributed by atoms with Crippen LogP contribution >= 0.6 is 11.6 Å². The third-order valence-electron chi connectivity index (χ3n) is 2.47. The van der Waals surface area contributed by atoms with Crippen molar-refractivity contribution in [2.75, 3.05) is 0 Å². The summed E-state index contributed by atoms with van der Waals surface area (Å²) in [6.07, 6.45) is 0. The molecule has 1 N–H and O–H groups in total. The van der Waals surface area contributed by atoms with E-state index in [0.717, 1.165) is 0 Å². The van der Waals surface area contributed by atoms with E-state index < -0.39 is 10.0 Å². The molecule has 0 radical (unpaired) electrons. The number of benzene rings is 1. The lowest BCUT2D eigenvalue weighted by atomic mass is 10.1. The van der Waals surface area contributed by atoms with Gasteiger partial charge in [0.2, 0.25) is 10.0 Å². The second-order valence-electron chi connectivity index (χ2n) is 4.08. The molecular weight excluding hydrogens is 246 g/mol. The van der Waals surface area contributed by atoms with Crippen LogP contribution in [-0.4, -0.2) is 14.5 Å². The molecule has 0 unspecified atom stereocenters. The van der Waals surface area contributed by atoms with Gasteiger partial charge in [0.25, 0.3) is 0 Å².